The summed E-state index contributed by atoms with van der Waals surface area (Å²) in [7, 11) is -3.60. The van der Waals surface area contributed by atoms with Crippen LogP contribution in [0, 0.1) is 6.92 Å². The van der Waals surface area contributed by atoms with Crippen molar-refractivity contribution >= 4 is 15.7 Å². The number of hydrogen-bond acceptors (Lipinski definition) is 4. The lowest BCUT2D eigenvalue weighted by Gasteiger charge is -2.21. The maximum Gasteiger partial charge on any atom is 0.281 e. The van der Waals surface area contributed by atoms with Gasteiger partial charge in [0.2, 0.25) is 0 Å². The molecule has 0 saturated heterocycles. The minimum atomic E-state index is -3.60. The van der Waals surface area contributed by atoms with Gasteiger partial charge in [0.1, 0.15) is 5.82 Å². The second kappa shape index (κ2) is 4.77. The zero-order valence-electron chi connectivity index (χ0n) is 10.2. The number of sulfonamides is 1. The van der Waals surface area contributed by atoms with Gasteiger partial charge in [-0.1, -0.05) is 0 Å². The molecule has 2 aromatic rings. The molecule has 2 rings (SSSR count). The lowest BCUT2D eigenvalue weighted by Crippen LogP contribution is -2.31. The van der Waals surface area contributed by atoms with Crippen molar-refractivity contribution in [2.45, 2.75) is 18.9 Å². The Hall–Kier alpha value is -1.89. The summed E-state index contributed by atoms with van der Waals surface area (Å²) in [5.74, 6) is 0.569. The Kier molecular flexibility index (Phi) is 3.33. The van der Waals surface area contributed by atoms with Crippen LogP contribution in [0.15, 0.2) is 35.7 Å². The molecule has 1 N–H and O–H groups in total. The maximum absolute atomic E-state index is 12.4. The molecule has 0 atom stereocenters. The van der Waals surface area contributed by atoms with Crippen LogP contribution in [0.2, 0.25) is 0 Å². The van der Waals surface area contributed by atoms with E-state index in [1.807, 2.05) is 0 Å². The predicted molar refractivity (Wildman–Crippen MR) is 67.8 cm³/mol. The van der Waals surface area contributed by atoms with Crippen LogP contribution in [-0.4, -0.2) is 29.9 Å². The summed E-state index contributed by atoms with van der Waals surface area (Å²) in [6, 6.07) is 3.31. The zero-order chi connectivity index (χ0) is 13.2. The van der Waals surface area contributed by atoms with E-state index in [4.69, 9.17) is 0 Å². The van der Waals surface area contributed by atoms with Crippen LogP contribution >= 0.6 is 0 Å². The highest BCUT2D eigenvalue weighted by atomic mass is 32.2. The van der Waals surface area contributed by atoms with Gasteiger partial charge in [-0.25, -0.2) is 4.98 Å². The average molecular weight is 266 g/mol. The molecule has 2 heterocycles. The summed E-state index contributed by atoms with van der Waals surface area (Å²) >= 11 is 0. The van der Waals surface area contributed by atoms with E-state index in [0.29, 0.717) is 18.1 Å². The number of hydrogen-bond donors (Lipinski definition) is 1. The monoisotopic (exact) mass is 266 g/mol. The highest BCUT2D eigenvalue weighted by molar-refractivity contribution is 7.92. The van der Waals surface area contributed by atoms with Gasteiger partial charge in [0, 0.05) is 18.9 Å². The molecule has 0 radical (unpaired) electrons. The van der Waals surface area contributed by atoms with Gasteiger partial charge in [-0.3, -0.25) is 9.29 Å². The number of nitrogens with zero attached hydrogens (tertiary/aromatic N) is 3. The molecular formula is C11H14N4O2S. The van der Waals surface area contributed by atoms with Crippen molar-refractivity contribution in [1.82, 2.24) is 15.0 Å². The lowest BCUT2D eigenvalue weighted by molar-refractivity contribution is 0.588. The molecule has 0 aliphatic rings. The number of H-pyrrole nitrogens is 1. The Bertz CT molecular complexity index is 622. The Balaban J connectivity index is 2.45. The van der Waals surface area contributed by atoms with Crippen molar-refractivity contribution in [2.24, 2.45) is 0 Å². The summed E-state index contributed by atoms with van der Waals surface area (Å²) in [4.78, 5) is 10.5. The topological polar surface area (TPSA) is 79.0 Å². The summed E-state index contributed by atoms with van der Waals surface area (Å²) < 4.78 is 26.1. The van der Waals surface area contributed by atoms with Gasteiger partial charge in [-0.15, -0.1) is 0 Å². The first-order chi connectivity index (χ1) is 8.55. The summed E-state index contributed by atoms with van der Waals surface area (Å²) in [5, 5.41) is 0.0960. The van der Waals surface area contributed by atoms with Crippen molar-refractivity contribution in [2.75, 3.05) is 10.8 Å². The van der Waals surface area contributed by atoms with E-state index in [2.05, 4.69) is 15.0 Å². The van der Waals surface area contributed by atoms with Crippen molar-refractivity contribution in [1.29, 1.82) is 0 Å². The first-order valence-electron chi connectivity index (χ1n) is 5.50. The van der Waals surface area contributed by atoms with E-state index in [0.717, 1.165) is 0 Å². The quantitative estimate of drug-likeness (QED) is 0.905. The van der Waals surface area contributed by atoms with Crippen LogP contribution in [-0.2, 0) is 10.0 Å². The third kappa shape index (κ3) is 2.21. The minimum absolute atomic E-state index is 0.0960. The molecule has 0 saturated carbocycles. The fourth-order valence-electron chi connectivity index (χ4n) is 1.65. The molecule has 0 aliphatic heterocycles. The van der Waals surface area contributed by atoms with Gasteiger partial charge >= 0.3 is 0 Å². The van der Waals surface area contributed by atoms with Crippen LogP contribution < -0.4 is 4.31 Å². The van der Waals surface area contributed by atoms with E-state index in [-0.39, 0.29) is 5.03 Å². The normalized spacial score (nSPS) is 11.4. The first-order valence-corrected chi connectivity index (χ1v) is 6.94. The van der Waals surface area contributed by atoms with E-state index < -0.39 is 10.0 Å². The number of rotatable bonds is 4. The Morgan fingerprint density at radius 3 is 2.50 bits per heavy atom. The number of pyridine rings is 1. The van der Waals surface area contributed by atoms with Gasteiger partial charge in [0.25, 0.3) is 10.0 Å². The second-order valence-electron chi connectivity index (χ2n) is 3.71. The molecule has 7 heteroatoms. The fourth-order valence-corrected chi connectivity index (χ4v) is 3.09. The summed E-state index contributed by atoms with van der Waals surface area (Å²) in [6.07, 6.45) is 4.45. The Morgan fingerprint density at radius 2 is 2.00 bits per heavy atom. The number of imidazole rings is 1. The molecule has 0 spiro atoms. The van der Waals surface area contributed by atoms with E-state index in [1.165, 1.54) is 10.5 Å². The molecule has 96 valence electrons. The first kappa shape index (κ1) is 12.6. The van der Waals surface area contributed by atoms with Crippen LogP contribution in [0.5, 0.6) is 0 Å². The smallest absolute Gasteiger partial charge is 0.281 e. The molecule has 0 amide bonds. The van der Waals surface area contributed by atoms with Crippen LogP contribution in [0.4, 0.5) is 5.69 Å². The molecule has 2 aromatic heterocycles. The number of aromatic amines is 1. The van der Waals surface area contributed by atoms with Gasteiger partial charge in [0.15, 0.2) is 5.03 Å². The van der Waals surface area contributed by atoms with E-state index >= 15 is 0 Å². The van der Waals surface area contributed by atoms with Gasteiger partial charge in [0.05, 0.1) is 11.9 Å². The standard InChI is InChI=1S/C11H14N4O2S/c1-3-15(10-4-6-12-7-5-10)18(16,17)11-8-13-9(2)14-11/h4-8H,3H2,1-2H3,(H,13,14). The number of aryl methyl sites for hydroxylation is 1. The molecule has 0 bridgehead atoms. The predicted octanol–water partition coefficient (Wildman–Crippen LogP) is 1.33. The van der Waals surface area contributed by atoms with Crippen molar-refractivity contribution in [3.63, 3.8) is 0 Å². The lowest BCUT2D eigenvalue weighted by atomic mass is 10.4. The number of aromatic nitrogens is 3. The molecular weight excluding hydrogens is 252 g/mol. The third-order valence-corrected chi connectivity index (χ3v) is 4.30. The average Bonchev–Trinajstić information content (AvgIpc) is 2.78. The molecule has 0 unspecified atom stereocenters. The molecule has 6 nitrogen and oxygen atoms in total. The van der Waals surface area contributed by atoms with Crippen LogP contribution in [0.25, 0.3) is 0 Å². The van der Waals surface area contributed by atoms with Gasteiger partial charge in [-0.2, -0.15) is 8.42 Å². The third-order valence-electron chi connectivity index (χ3n) is 2.49. The molecule has 18 heavy (non-hydrogen) atoms. The Labute approximate surface area is 106 Å². The van der Waals surface area contributed by atoms with E-state index in [9.17, 15) is 8.42 Å². The molecule has 0 fully saturated rings. The second-order valence-corrected chi connectivity index (χ2v) is 5.54. The Morgan fingerprint density at radius 1 is 1.33 bits per heavy atom. The van der Waals surface area contributed by atoms with E-state index in [1.54, 1.807) is 38.4 Å². The van der Waals surface area contributed by atoms with Crippen molar-refractivity contribution < 1.29 is 8.42 Å². The van der Waals surface area contributed by atoms with Crippen LogP contribution in [0.3, 0.4) is 0 Å². The van der Waals surface area contributed by atoms with Crippen LogP contribution in [0.1, 0.15) is 12.7 Å². The molecule has 0 aromatic carbocycles. The SMILES string of the molecule is CCN(c1ccncc1)S(=O)(=O)c1cnc(C)[nH]1. The largest absolute Gasteiger partial charge is 0.332 e. The number of anilines is 1. The summed E-state index contributed by atoms with van der Waals surface area (Å²) in [6.45, 7) is 3.83. The summed E-state index contributed by atoms with van der Waals surface area (Å²) in [5.41, 5.74) is 0.583. The highest BCUT2D eigenvalue weighted by Crippen LogP contribution is 2.21. The van der Waals surface area contributed by atoms with Gasteiger partial charge < -0.3 is 4.98 Å². The zero-order valence-corrected chi connectivity index (χ0v) is 11.0. The minimum Gasteiger partial charge on any atom is -0.332 e. The fraction of sp³-hybridized carbons (Fsp3) is 0.273. The maximum atomic E-state index is 12.4. The van der Waals surface area contributed by atoms with Gasteiger partial charge in [-0.05, 0) is 26.0 Å². The molecule has 0 aliphatic carbocycles. The van der Waals surface area contributed by atoms with Crippen molar-refractivity contribution in [3.05, 3.63) is 36.5 Å². The highest BCUT2D eigenvalue weighted by Gasteiger charge is 2.25. The van der Waals surface area contributed by atoms with Crippen molar-refractivity contribution in [3.8, 4) is 0 Å². The number of nitrogens with one attached hydrogen (secondary N) is 1.